The maximum Gasteiger partial charge on any atom is 0.408 e. The Balaban J connectivity index is 1.76. The minimum Gasteiger partial charge on any atom is -0.479 e. The molecule has 0 saturated heterocycles. The fourth-order valence-electron chi connectivity index (χ4n) is 6.01. The Morgan fingerprint density at radius 3 is 2.04 bits per heavy atom. The molecule has 5 amide bonds. The molecule has 2 unspecified atom stereocenters. The zero-order chi connectivity index (χ0) is 39.1. The van der Waals surface area contributed by atoms with Gasteiger partial charge in [0.05, 0.1) is 12.6 Å². The van der Waals surface area contributed by atoms with E-state index in [1.807, 2.05) is 0 Å². The van der Waals surface area contributed by atoms with E-state index in [1.54, 1.807) is 45.9 Å². The van der Waals surface area contributed by atoms with Crippen molar-refractivity contribution in [2.75, 3.05) is 6.54 Å². The standard InChI is InChI=1S/C38H50FN5O9/c1-5-12-27(32(46)35(49)40-22-29(45)43-31(36(50)51)25-15-10-7-11-16-25)41-33(47)28(21-23-17-19-26(39)20-18-23)42-34(48)30(24-13-8-6-9-14-24)44-37(52)53-38(2,3)4/h7,10-11,15-20,24,27-28,30-31H,5-6,8-9,12-14,21-22H2,1-4H3,(H,40,49)(H,41,47)(H,42,48)(H,43,45)(H,44,52)(H,50,51)/t27?,28-,30-,31?/m0/s1. The van der Waals surface area contributed by atoms with Crippen LogP contribution in [0.1, 0.15) is 89.8 Å². The molecule has 1 aliphatic rings. The van der Waals surface area contributed by atoms with Crippen LogP contribution >= 0.6 is 0 Å². The molecule has 15 heteroatoms. The fraction of sp³-hybridized carbons (Fsp3) is 0.500. The second-order valence-electron chi connectivity index (χ2n) is 14.1. The third-order valence-corrected chi connectivity index (χ3v) is 8.59. The first-order chi connectivity index (χ1) is 25.1. The number of hydrogen-bond donors (Lipinski definition) is 6. The number of ketones is 1. The summed E-state index contributed by atoms with van der Waals surface area (Å²) in [5.74, 6) is -6.66. The van der Waals surface area contributed by atoms with E-state index < -0.39 is 83.6 Å². The Hall–Kier alpha value is -5.34. The second-order valence-corrected chi connectivity index (χ2v) is 14.1. The molecule has 0 aliphatic heterocycles. The molecular formula is C38H50FN5O9. The molecule has 1 saturated carbocycles. The number of nitrogens with one attached hydrogen (secondary N) is 5. The number of carbonyl (C=O) groups is 7. The van der Waals surface area contributed by atoms with E-state index in [4.69, 9.17) is 4.74 Å². The number of halogens is 1. The smallest absolute Gasteiger partial charge is 0.408 e. The molecule has 0 aromatic heterocycles. The lowest BCUT2D eigenvalue weighted by Gasteiger charge is -2.32. The SMILES string of the molecule is CCCC(NC(=O)[C@H](Cc1ccc(F)cc1)NC(=O)[C@@H](NC(=O)OC(C)(C)C)C1CCCCC1)C(=O)C(=O)NCC(=O)NC(C(=O)O)c1ccccc1. The quantitative estimate of drug-likeness (QED) is 0.131. The summed E-state index contributed by atoms with van der Waals surface area (Å²) in [5, 5.41) is 22.0. The molecular weight excluding hydrogens is 689 g/mol. The Morgan fingerprint density at radius 2 is 1.45 bits per heavy atom. The first-order valence-electron chi connectivity index (χ1n) is 17.8. The van der Waals surface area contributed by atoms with Gasteiger partial charge in [-0.15, -0.1) is 0 Å². The van der Waals surface area contributed by atoms with Crippen molar-refractivity contribution in [2.24, 2.45) is 5.92 Å². The molecule has 6 N–H and O–H groups in total. The fourth-order valence-corrected chi connectivity index (χ4v) is 6.01. The highest BCUT2D eigenvalue weighted by Gasteiger charge is 2.36. The molecule has 0 bridgehead atoms. The van der Waals surface area contributed by atoms with Crippen molar-refractivity contribution in [3.63, 3.8) is 0 Å². The van der Waals surface area contributed by atoms with Crippen molar-refractivity contribution >= 4 is 41.5 Å². The minimum absolute atomic E-state index is 0.0292. The lowest BCUT2D eigenvalue weighted by atomic mass is 9.83. The number of aliphatic carboxylic acids is 1. The Bertz CT molecular complexity index is 1590. The second kappa shape index (κ2) is 20.0. The van der Waals surface area contributed by atoms with Gasteiger partial charge in [-0.3, -0.25) is 24.0 Å². The van der Waals surface area contributed by atoms with Gasteiger partial charge in [0.15, 0.2) is 6.04 Å². The number of amides is 5. The maximum atomic E-state index is 13.9. The third kappa shape index (κ3) is 14.0. The number of rotatable bonds is 17. The highest BCUT2D eigenvalue weighted by atomic mass is 19.1. The van der Waals surface area contributed by atoms with Crippen molar-refractivity contribution in [1.82, 2.24) is 26.6 Å². The predicted molar refractivity (Wildman–Crippen MR) is 192 cm³/mol. The zero-order valence-electron chi connectivity index (χ0n) is 30.5. The number of Topliss-reactive ketones (excluding diaryl/α,β-unsaturated/α-hetero) is 1. The number of hydrogen-bond acceptors (Lipinski definition) is 8. The van der Waals surface area contributed by atoms with Gasteiger partial charge in [-0.25, -0.2) is 14.0 Å². The summed E-state index contributed by atoms with van der Waals surface area (Å²) < 4.78 is 19.1. The summed E-state index contributed by atoms with van der Waals surface area (Å²) in [6, 6.07) is 8.09. The number of alkyl carbamates (subject to hydrolysis) is 1. The van der Waals surface area contributed by atoms with Gasteiger partial charge in [0, 0.05) is 6.42 Å². The summed E-state index contributed by atoms with van der Waals surface area (Å²) in [6.45, 7) is 6.08. The summed E-state index contributed by atoms with van der Waals surface area (Å²) in [4.78, 5) is 91.0. The molecule has 3 rings (SSSR count). The van der Waals surface area contributed by atoms with Crippen molar-refractivity contribution in [3.8, 4) is 0 Å². The molecule has 0 radical (unpaired) electrons. The lowest BCUT2D eigenvalue weighted by molar-refractivity contribution is -0.142. The van der Waals surface area contributed by atoms with Gasteiger partial charge in [-0.2, -0.15) is 0 Å². The number of carboxylic acids is 1. The average molecular weight is 740 g/mol. The number of carbonyl (C=O) groups excluding carboxylic acids is 6. The van der Waals surface area contributed by atoms with E-state index in [-0.39, 0.29) is 18.8 Å². The summed E-state index contributed by atoms with van der Waals surface area (Å²) in [6.07, 6.45) is 3.47. The normalized spacial score (nSPS) is 15.4. The van der Waals surface area contributed by atoms with E-state index in [0.717, 1.165) is 19.3 Å². The Labute approximate surface area is 308 Å². The third-order valence-electron chi connectivity index (χ3n) is 8.59. The van der Waals surface area contributed by atoms with Gasteiger partial charge in [0.1, 0.15) is 23.5 Å². The van der Waals surface area contributed by atoms with Gasteiger partial charge in [-0.1, -0.05) is 75.1 Å². The van der Waals surface area contributed by atoms with Crippen molar-refractivity contribution in [2.45, 2.75) is 109 Å². The topological polar surface area (TPSA) is 209 Å². The van der Waals surface area contributed by atoms with Crippen LogP contribution < -0.4 is 26.6 Å². The van der Waals surface area contributed by atoms with Crippen molar-refractivity contribution < 1.29 is 47.8 Å². The molecule has 14 nitrogen and oxygen atoms in total. The van der Waals surface area contributed by atoms with Crippen LogP contribution in [0.25, 0.3) is 0 Å². The van der Waals surface area contributed by atoms with Crippen LogP contribution in [0.5, 0.6) is 0 Å². The van der Waals surface area contributed by atoms with Crippen LogP contribution in [0.3, 0.4) is 0 Å². The van der Waals surface area contributed by atoms with E-state index in [9.17, 15) is 43.1 Å². The summed E-state index contributed by atoms with van der Waals surface area (Å²) >= 11 is 0. The maximum absolute atomic E-state index is 13.9. The molecule has 4 atom stereocenters. The predicted octanol–water partition coefficient (Wildman–Crippen LogP) is 3.24. The van der Waals surface area contributed by atoms with Crippen molar-refractivity contribution in [1.29, 1.82) is 0 Å². The number of ether oxygens (including phenoxy) is 1. The highest BCUT2D eigenvalue weighted by Crippen LogP contribution is 2.27. The summed E-state index contributed by atoms with van der Waals surface area (Å²) in [7, 11) is 0. The number of benzene rings is 2. The van der Waals surface area contributed by atoms with E-state index >= 15 is 0 Å². The van der Waals surface area contributed by atoms with Crippen LogP contribution in [0.15, 0.2) is 54.6 Å². The zero-order valence-corrected chi connectivity index (χ0v) is 30.5. The largest absolute Gasteiger partial charge is 0.479 e. The first-order valence-corrected chi connectivity index (χ1v) is 17.8. The van der Waals surface area contributed by atoms with Crippen LogP contribution in [-0.4, -0.2) is 76.9 Å². The molecule has 2 aromatic carbocycles. The molecule has 1 fully saturated rings. The van der Waals surface area contributed by atoms with Crippen LogP contribution in [0.4, 0.5) is 9.18 Å². The van der Waals surface area contributed by atoms with Gasteiger partial charge in [-0.05, 0) is 69.2 Å². The monoisotopic (exact) mass is 739 g/mol. The number of carboxylic acid groups (broad SMARTS) is 1. The van der Waals surface area contributed by atoms with Gasteiger partial charge in [0.2, 0.25) is 23.5 Å². The Kier molecular flexibility index (Phi) is 15.9. The van der Waals surface area contributed by atoms with E-state index in [2.05, 4.69) is 26.6 Å². The molecule has 2 aromatic rings. The molecule has 0 heterocycles. The summed E-state index contributed by atoms with van der Waals surface area (Å²) in [5.41, 5.74) is -0.0456. The van der Waals surface area contributed by atoms with Gasteiger partial charge in [0.25, 0.3) is 5.91 Å². The van der Waals surface area contributed by atoms with Gasteiger partial charge >= 0.3 is 12.1 Å². The van der Waals surface area contributed by atoms with E-state index in [1.165, 1.54) is 36.4 Å². The Morgan fingerprint density at radius 1 is 0.830 bits per heavy atom. The minimum atomic E-state index is -1.39. The lowest BCUT2D eigenvalue weighted by Crippen LogP contribution is -2.59. The van der Waals surface area contributed by atoms with E-state index in [0.29, 0.717) is 30.4 Å². The molecule has 53 heavy (non-hydrogen) atoms. The average Bonchev–Trinajstić information content (AvgIpc) is 3.11. The molecule has 288 valence electrons. The first kappa shape index (κ1) is 42.1. The van der Waals surface area contributed by atoms with Crippen LogP contribution in [0.2, 0.25) is 0 Å². The highest BCUT2D eigenvalue weighted by molar-refractivity contribution is 6.38. The van der Waals surface area contributed by atoms with Gasteiger partial charge < -0.3 is 36.4 Å². The molecule has 1 aliphatic carbocycles. The van der Waals surface area contributed by atoms with Crippen molar-refractivity contribution in [3.05, 3.63) is 71.5 Å². The van der Waals surface area contributed by atoms with Crippen LogP contribution in [-0.2, 0) is 39.9 Å². The molecule has 0 spiro atoms. The van der Waals surface area contributed by atoms with Crippen LogP contribution in [0, 0.1) is 11.7 Å².